The molecule has 0 radical (unpaired) electrons. The number of halogens is 2. The third-order valence-corrected chi connectivity index (χ3v) is 3.78. The number of nitrogens with one attached hydrogen (secondary N) is 1. The third-order valence-electron chi connectivity index (χ3n) is 2.55. The number of benzene rings is 1. The van der Waals surface area contributed by atoms with Crippen LogP contribution in [0.5, 0.6) is 0 Å². The minimum Gasteiger partial charge on any atom is -0.307 e. The zero-order valence-electron chi connectivity index (χ0n) is 10.00. The van der Waals surface area contributed by atoms with Crippen molar-refractivity contribution in [1.29, 1.82) is 0 Å². The van der Waals surface area contributed by atoms with Crippen molar-refractivity contribution >= 4 is 27.5 Å². The molecule has 5 heteroatoms. The average Bonchev–Trinajstić information content (AvgIpc) is 2.31. The summed E-state index contributed by atoms with van der Waals surface area (Å²) >= 11 is 9.37. The van der Waals surface area contributed by atoms with Crippen molar-refractivity contribution < 1.29 is 0 Å². The zero-order valence-corrected chi connectivity index (χ0v) is 12.3. The third kappa shape index (κ3) is 2.82. The van der Waals surface area contributed by atoms with Gasteiger partial charge in [-0.15, -0.1) is 0 Å². The number of hydrogen-bond donors (Lipinski definition) is 1. The molecule has 0 aliphatic heterocycles. The van der Waals surface area contributed by atoms with Gasteiger partial charge in [-0.25, -0.2) is 4.98 Å². The van der Waals surface area contributed by atoms with E-state index in [4.69, 9.17) is 11.6 Å². The van der Waals surface area contributed by atoms with Crippen LogP contribution in [0.4, 0.5) is 0 Å². The molecule has 1 heterocycles. The SMILES string of the molecule is CC(C)c1cc(=O)[nH]c(-c2ccc(Br)c(Cl)c2)n1. The molecule has 1 N–H and O–H groups in total. The predicted octanol–water partition coefficient (Wildman–Crippen LogP) is 3.98. The van der Waals surface area contributed by atoms with Crippen molar-refractivity contribution in [3.63, 3.8) is 0 Å². The van der Waals surface area contributed by atoms with Crippen LogP contribution in [0, 0.1) is 0 Å². The molecule has 3 nitrogen and oxygen atoms in total. The fourth-order valence-corrected chi connectivity index (χ4v) is 1.98. The molecule has 1 aromatic heterocycles. The Morgan fingerprint density at radius 1 is 1.33 bits per heavy atom. The standard InChI is InChI=1S/C13H12BrClN2O/c1-7(2)11-6-12(18)17-13(16-11)8-3-4-9(14)10(15)5-8/h3-7H,1-2H3,(H,16,17,18). The number of aromatic nitrogens is 2. The minimum atomic E-state index is -0.150. The Bertz CT molecular complexity index is 637. The van der Waals surface area contributed by atoms with E-state index in [1.807, 2.05) is 26.0 Å². The summed E-state index contributed by atoms with van der Waals surface area (Å²) in [5.41, 5.74) is 1.42. The number of H-pyrrole nitrogens is 1. The van der Waals surface area contributed by atoms with Crippen LogP contribution in [-0.4, -0.2) is 9.97 Å². The van der Waals surface area contributed by atoms with E-state index in [1.165, 1.54) is 6.07 Å². The van der Waals surface area contributed by atoms with Gasteiger partial charge in [-0.05, 0) is 34.0 Å². The Kier molecular flexibility index (Phi) is 3.88. The molecular formula is C13H12BrClN2O. The maximum absolute atomic E-state index is 11.6. The van der Waals surface area contributed by atoms with E-state index in [1.54, 1.807) is 6.07 Å². The summed E-state index contributed by atoms with van der Waals surface area (Å²) in [5.74, 6) is 0.748. The van der Waals surface area contributed by atoms with Crippen LogP contribution >= 0.6 is 27.5 Å². The summed E-state index contributed by atoms with van der Waals surface area (Å²) in [4.78, 5) is 18.8. The van der Waals surface area contributed by atoms with Gasteiger partial charge >= 0.3 is 0 Å². The number of nitrogens with zero attached hydrogens (tertiary/aromatic N) is 1. The van der Waals surface area contributed by atoms with E-state index >= 15 is 0 Å². The first-order valence-electron chi connectivity index (χ1n) is 5.54. The Balaban J connectivity index is 2.56. The highest BCUT2D eigenvalue weighted by Crippen LogP contribution is 2.27. The molecule has 0 bridgehead atoms. The zero-order chi connectivity index (χ0) is 13.3. The normalized spacial score (nSPS) is 10.9. The average molecular weight is 328 g/mol. The molecule has 0 spiro atoms. The van der Waals surface area contributed by atoms with Gasteiger partial charge in [0.25, 0.3) is 5.56 Å². The molecule has 0 aliphatic rings. The van der Waals surface area contributed by atoms with Crippen molar-refractivity contribution in [1.82, 2.24) is 9.97 Å². The molecule has 94 valence electrons. The number of rotatable bonds is 2. The highest BCUT2D eigenvalue weighted by molar-refractivity contribution is 9.10. The first-order valence-corrected chi connectivity index (χ1v) is 6.71. The lowest BCUT2D eigenvalue weighted by Gasteiger charge is -2.07. The molecular weight excluding hydrogens is 316 g/mol. The van der Waals surface area contributed by atoms with E-state index < -0.39 is 0 Å². The van der Waals surface area contributed by atoms with Gasteiger partial charge in [0.05, 0.1) is 10.7 Å². The summed E-state index contributed by atoms with van der Waals surface area (Å²) in [6, 6.07) is 6.99. The van der Waals surface area contributed by atoms with Crippen LogP contribution < -0.4 is 5.56 Å². The number of aromatic amines is 1. The van der Waals surface area contributed by atoms with Gasteiger partial charge in [0.15, 0.2) is 0 Å². The van der Waals surface area contributed by atoms with E-state index in [-0.39, 0.29) is 11.5 Å². The van der Waals surface area contributed by atoms with E-state index in [2.05, 4.69) is 25.9 Å². The Hall–Kier alpha value is -1.13. The second kappa shape index (κ2) is 5.24. The largest absolute Gasteiger partial charge is 0.307 e. The smallest absolute Gasteiger partial charge is 0.251 e. The Morgan fingerprint density at radius 3 is 2.67 bits per heavy atom. The van der Waals surface area contributed by atoms with Crippen LogP contribution in [0.1, 0.15) is 25.5 Å². The Morgan fingerprint density at radius 2 is 2.06 bits per heavy atom. The predicted molar refractivity (Wildman–Crippen MR) is 77.1 cm³/mol. The highest BCUT2D eigenvalue weighted by atomic mass is 79.9. The van der Waals surface area contributed by atoms with E-state index in [9.17, 15) is 4.79 Å². The van der Waals surface area contributed by atoms with Crippen molar-refractivity contribution in [3.8, 4) is 11.4 Å². The molecule has 0 amide bonds. The summed E-state index contributed by atoms with van der Waals surface area (Å²) in [6.45, 7) is 4.00. The Labute approximate surface area is 118 Å². The highest BCUT2D eigenvalue weighted by Gasteiger charge is 2.08. The molecule has 0 fully saturated rings. The number of hydrogen-bond acceptors (Lipinski definition) is 2. The second-order valence-electron chi connectivity index (χ2n) is 4.30. The van der Waals surface area contributed by atoms with Crippen molar-refractivity contribution in [3.05, 3.63) is 49.8 Å². The van der Waals surface area contributed by atoms with Crippen LogP contribution in [0.3, 0.4) is 0 Å². The van der Waals surface area contributed by atoms with E-state index in [0.29, 0.717) is 10.8 Å². The maximum Gasteiger partial charge on any atom is 0.251 e. The molecule has 0 saturated carbocycles. The fraction of sp³-hybridized carbons (Fsp3) is 0.231. The summed E-state index contributed by atoms with van der Waals surface area (Å²) in [7, 11) is 0. The van der Waals surface area contributed by atoms with E-state index in [0.717, 1.165) is 15.7 Å². The van der Waals surface area contributed by atoms with Crippen LogP contribution in [0.2, 0.25) is 5.02 Å². The summed E-state index contributed by atoms with van der Waals surface area (Å²) < 4.78 is 0.815. The summed E-state index contributed by atoms with van der Waals surface area (Å²) in [6.07, 6.45) is 0. The lowest BCUT2D eigenvalue weighted by atomic mass is 10.1. The van der Waals surface area contributed by atoms with Gasteiger partial charge < -0.3 is 4.98 Å². The minimum absolute atomic E-state index is 0.150. The monoisotopic (exact) mass is 326 g/mol. The topological polar surface area (TPSA) is 45.8 Å². The maximum atomic E-state index is 11.6. The molecule has 1 aromatic carbocycles. The fourth-order valence-electron chi connectivity index (χ4n) is 1.55. The molecule has 2 aromatic rings. The van der Waals surface area contributed by atoms with Gasteiger partial charge in [-0.2, -0.15) is 0 Å². The molecule has 0 atom stereocenters. The van der Waals surface area contributed by atoms with Crippen molar-refractivity contribution in [2.75, 3.05) is 0 Å². The summed E-state index contributed by atoms with van der Waals surface area (Å²) in [5, 5.41) is 0.588. The first-order chi connectivity index (χ1) is 8.47. The molecule has 18 heavy (non-hydrogen) atoms. The van der Waals surface area contributed by atoms with Crippen molar-refractivity contribution in [2.24, 2.45) is 0 Å². The quantitative estimate of drug-likeness (QED) is 0.907. The van der Waals surface area contributed by atoms with Gasteiger partial charge in [0, 0.05) is 16.1 Å². The first kappa shape index (κ1) is 13.3. The second-order valence-corrected chi connectivity index (χ2v) is 5.56. The van der Waals surface area contributed by atoms with Crippen LogP contribution in [0.25, 0.3) is 11.4 Å². The van der Waals surface area contributed by atoms with Gasteiger partial charge in [-0.3, -0.25) is 4.79 Å². The van der Waals surface area contributed by atoms with Gasteiger partial charge in [-0.1, -0.05) is 31.5 Å². The van der Waals surface area contributed by atoms with Crippen LogP contribution in [-0.2, 0) is 0 Å². The van der Waals surface area contributed by atoms with Gasteiger partial charge in [0.2, 0.25) is 0 Å². The molecule has 0 saturated heterocycles. The molecule has 0 aliphatic carbocycles. The lowest BCUT2D eigenvalue weighted by molar-refractivity contribution is 0.812. The lowest BCUT2D eigenvalue weighted by Crippen LogP contribution is -2.11. The van der Waals surface area contributed by atoms with Gasteiger partial charge in [0.1, 0.15) is 5.82 Å². The molecule has 2 rings (SSSR count). The molecule has 0 unspecified atom stereocenters. The van der Waals surface area contributed by atoms with Crippen LogP contribution in [0.15, 0.2) is 33.5 Å². The van der Waals surface area contributed by atoms with Crippen molar-refractivity contribution in [2.45, 2.75) is 19.8 Å².